The molecule has 6 nitrogen and oxygen atoms in total. The average Bonchev–Trinajstić information content (AvgIpc) is 2.73. The molecule has 0 aliphatic heterocycles. The van der Waals surface area contributed by atoms with Crippen LogP contribution in [-0.2, 0) is 17.1 Å². The van der Waals surface area contributed by atoms with Crippen molar-refractivity contribution in [2.24, 2.45) is 5.73 Å². The predicted molar refractivity (Wildman–Crippen MR) is 71.3 cm³/mol. The van der Waals surface area contributed by atoms with Crippen LogP contribution in [0.15, 0.2) is 6.33 Å². The summed E-state index contributed by atoms with van der Waals surface area (Å²) < 4.78 is 1.30. The number of thioether (sulfide) groups is 1. The van der Waals surface area contributed by atoms with E-state index >= 15 is 0 Å². The zero-order valence-corrected chi connectivity index (χ0v) is 11.8. The largest absolute Gasteiger partial charge is 0.480 e. The highest BCUT2D eigenvalue weighted by atomic mass is 32.2. The van der Waals surface area contributed by atoms with E-state index in [4.69, 9.17) is 10.8 Å². The van der Waals surface area contributed by atoms with E-state index in [9.17, 15) is 4.79 Å². The van der Waals surface area contributed by atoms with Gasteiger partial charge in [0.15, 0.2) is 0 Å². The van der Waals surface area contributed by atoms with Gasteiger partial charge in [0, 0.05) is 11.3 Å². The Morgan fingerprint density at radius 2 is 2.33 bits per heavy atom. The van der Waals surface area contributed by atoms with Gasteiger partial charge in [0.25, 0.3) is 0 Å². The van der Waals surface area contributed by atoms with Crippen molar-refractivity contribution in [2.45, 2.75) is 50.3 Å². The van der Waals surface area contributed by atoms with Gasteiger partial charge < -0.3 is 10.8 Å². The smallest absolute Gasteiger partial charge is 0.321 e. The molecule has 18 heavy (non-hydrogen) atoms. The Bertz CT molecular complexity index is 406. The van der Waals surface area contributed by atoms with Crippen LogP contribution in [0.1, 0.15) is 33.0 Å². The lowest BCUT2D eigenvalue weighted by Crippen LogP contribution is -2.46. The molecule has 0 bridgehead atoms. The second kappa shape index (κ2) is 6.19. The maximum Gasteiger partial charge on any atom is 0.321 e. The van der Waals surface area contributed by atoms with Crippen LogP contribution in [0.25, 0.3) is 0 Å². The van der Waals surface area contributed by atoms with Gasteiger partial charge in [0.2, 0.25) is 0 Å². The first kappa shape index (κ1) is 15.0. The molecule has 3 N–H and O–H groups in total. The van der Waals surface area contributed by atoms with Crippen LogP contribution >= 0.6 is 11.8 Å². The molecule has 0 aliphatic rings. The summed E-state index contributed by atoms with van der Waals surface area (Å²) in [7, 11) is 0. The third-order valence-electron chi connectivity index (χ3n) is 2.72. The number of hydrogen-bond donors (Lipinski definition) is 2. The SMILES string of the molecule is CCCn1ncnc1CSC(C)(C)[C@H](N)C(=O)O. The number of nitrogens with zero attached hydrogens (tertiary/aromatic N) is 3. The summed E-state index contributed by atoms with van der Waals surface area (Å²) in [6.45, 7) is 6.55. The highest BCUT2D eigenvalue weighted by Gasteiger charge is 2.32. The van der Waals surface area contributed by atoms with Gasteiger partial charge >= 0.3 is 5.97 Å². The first-order chi connectivity index (χ1) is 8.38. The topological polar surface area (TPSA) is 94.0 Å². The third kappa shape index (κ3) is 3.71. The van der Waals surface area contributed by atoms with Crippen LogP contribution in [0.5, 0.6) is 0 Å². The van der Waals surface area contributed by atoms with Crippen LogP contribution in [0, 0.1) is 0 Å². The Labute approximate surface area is 111 Å². The molecule has 0 unspecified atom stereocenters. The van der Waals surface area contributed by atoms with Crippen molar-refractivity contribution < 1.29 is 9.90 Å². The van der Waals surface area contributed by atoms with Gasteiger partial charge in [0.05, 0.1) is 5.75 Å². The predicted octanol–water partition coefficient (Wildman–Crippen LogP) is 1.11. The highest BCUT2D eigenvalue weighted by Crippen LogP contribution is 2.30. The van der Waals surface area contributed by atoms with E-state index < -0.39 is 16.8 Å². The summed E-state index contributed by atoms with van der Waals surface area (Å²) in [4.78, 5) is 15.1. The molecule has 1 atom stereocenters. The minimum atomic E-state index is -0.984. The van der Waals surface area contributed by atoms with Crippen molar-refractivity contribution in [3.63, 3.8) is 0 Å². The first-order valence-corrected chi connectivity index (χ1v) is 6.86. The van der Waals surface area contributed by atoms with E-state index in [0.717, 1.165) is 18.8 Å². The second-order valence-corrected chi connectivity index (χ2v) is 6.24. The van der Waals surface area contributed by atoms with E-state index in [1.807, 2.05) is 18.5 Å². The van der Waals surface area contributed by atoms with Gasteiger partial charge in [0.1, 0.15) is 18.2 Å². The molecular weight excluding hydrogens is 252 g/mol. The summed E-state index contributed by atoms with van der Waals surface area (Å²) in [5, 5.41) is 13.1. The zero-order chi connectivity index (χ0) is 13.8. The number of carbonyl (C=O) groups is 1. The molecule has 7 heteroatoms. The summed E-state index contributed by atoms with van der Waals surface area (Å²) in [5.74, 6) is 0.476. The van der Waals surface area contributed by atoms with Crippen molar-refractivity contribution in [1.29, 1.82) is 0 Å². The quantitative estimate of drug-likeness (QED) is 0.772. The Hall–Kier alpha value is -1.08. The molecule has 1 heterocycles. The Morgan fingerprint density at radius 1 is 1.67 bits per heavy atom. The van der Waals surface area contributed by atoms with Gasteiger partial charge in [-0.1, -0.05) is 6.92 Å². The number of carboxylic acids is 1. The van der Waals surface area contributed by atoms with Gasteiger partial charge in [-0.25, -0.2) is 9.67 Å². The van der Waals surface area contributed by atoms with Crippen LogP contribution in [0.2, 0.25) is 0 Å². The molecule has 0 saturated heterocycles. The number of aliphatic carboxylic acids is 1. The lowest BCUT2D eigenvalue weighted by molar-refractivity contribution is -0.139. The summed E-state index contributed by atoms with van der Waals surface area (Å²) in [6.07, 6.45) is 2.51. The van der Waals surface area contributed by atoms with E-state index in [0.29, 0.717) is 5.75 Å². The molecule has 0 amide bonds. The summed E-state index contributed by atoms with van der Waals surface area (Å²) in [5.41, 5.74) is 5.67. The minimum absolute atomic E-state index is 0.547. The fourth-order valence-corrected chi connectivity index (χ4v) is 2.44. The lowest BCUT2D eigenvalue weighted by Gasteiger charge is -2.27. The van der Waals surface area contributed by atoms with Crippen molar-refractivity contribution in [2.75, 3.05) is 0 Å². The number of rotatable bonds is 7. The molecule has 0 aliphatic carbocycles. The number of aromatic nitrogens is 3. The molecule has 0 aromatic carbocycles. The van der Waals surface area contributed by atoms with E-state index in [1.165, 1.54) is 18.1 Å². The highest BCUT2D eigenvalue weighted by molar-refractivity contribution is 7.99. The van der Waals surface area contributed by atoms with Gasteiger partial charge in [-0.2, -0.15) is 5.10 Å². The Balaban J connectivity index is 2.63. The number of carboxylic acid groups (broad SMARTS) is 1. The average molecular weight is 272 g/mol. The zero-order valence-electron chi connectivity index (χ0n) is 11.0. The molecular formula is C11H20N4O2S. The molecule has 0 radical (unpaired) electrons. The van der Waals surface area contributed by atoms with Gasteiger partial charge in [-0.3, -0.25) is 4.79 Å². The van der Waals surface area contributed by atoms with Crippen molar-refractivity contribution in [1.82, 2.24) is 14.8 Å². The van der Waals surface area contributed by atoms with Crippen LogP contribution < -0.4 is 5.73 Å². The maximum atomic E-state index is 10.9. The van der Waals surface area contributed by atoms with Crippen LogP contribution in [0.3, 0.4) is 0 Å². The van der Waals surface area contributed by atoms with Gasteiger partial charge in [-0.05, 0) is 20.3 Å². The molecule has 1 aromatic rings. The monoisotopic (exact) mass is 272 g/mol. The molecule has 102 valence electrons. The number of hydrogen-bond acceptors (Lipinski definition) is 5. The van der Waals surface area contributed by atoms with Crippen molar-refractivity contribution in [3.05, 3.63) is 12.2 Å². The van der Waals surface area contributed by atoms with E-state index in [2.05, 4.69) is 17.0 Å². The van der Waals surface area contributed by atoms with Crippen molar-refractivity contribution in [3.8, 4) is 0 Å². The second-order valence-electron chi connectivity index (χ2n) is 4.61. The maximum absolute atomic E-state index is 10.9. The molecule has 0 spiro atoms. The van der Waals surface area contributed by atoms with Gasteiger partial charge in [-0.15, -0.1) is 11.8 Å². The molecule has 0 saturated carbocycles. The molecule has 1 aromatic heterocycles. The Morgan fingerprint density at radius 3 is 2.89 bits per heavy atom. The molecule has 1 rings (SSSR count). The van der Waals surface area contributed by atoms with Crippen molar-refractivity contribution >= 4 is 17.7 Å². The third-order valence-corrected chi connectivity index (χ3v) is 4.12. The minimum Gasteiger partial charge on any atom is -0.480 e. The lowest BCUT2D eigenvalue weighted by atomic mass is 10.1. The number of nitrogens with two attached hydrogens (primary N) is 1. The van der Waals surface area contributed by atoms with E-state index in [-0.39, 0.29) is 0 Å². The summed E-state index contributed by atoms with van der Waals surface area (Å²) >= 11 is 1.48. The Kier molecular flexibility index (Phi) is 5.15. The number of aryl methyl sites for hydroxylation is 1. The first-order valence-electron chi connectivity index (χ1n) is 5.87. The normalized spacial score (nSPS) is 13.6. The fourth-order valence-electron chi connectivity index (χ4n) is 1.44. The van der Waals surface area contributed by atoms with E-state index in [1.54, 1.807) is 0 Å². The molecule has 0 fully saturated rings. The summed E-state index contributed by atoms with van der Waals surface area (Å²) in [6, 6.07) is -0.898. The van der Waals surface area contributed by atoms with Crippen LogP contribution in [0.4, 0.5) is 0 Å². The standard InChI is InChI=1S/C11H20N4O2S/c1-4-5-15-8(13-7-14-15)6-18-11(2,3)9(12)10(16)17/h7,9H,4-6,12H2,1-3H3,(H,16,17)/t9-/m1/s1. The fraction of sp³-hybridized carbons (Fsp3) is 0.727. The van der Waals surface area contributed by atoms with Crippen LogP contribution in [-0.4, -0.2) is 36.6 Å².